The summed E-state index contributed by atoms with van der Waals surface area (Å²) in [6.07, 6.45) is 3.79. The molecule has 1 aliphatic heterocycles. The van der Waals surface area contributed by atoms with E-state index in [4.69, 9.17) is 0 Å². The summed E-state index contributed by atoms with van der Waals surface area (Å²) in [5, 5.41) is 3.74. The second-order valence-corrected chi connectivity index (χ2v) is 6.35. The maximum atomic E-state index is 3.74. The van der Waals surface area contributed by atoms with Gasteiger partial charge in [-0.25, -0.2) is 0 Å². The molecule has 2 heteroatoms. The lowest BCUT2D eigenvalue weighted by molar-refractivity contribution is 0.301. The van der Waals surface area contributed by atoms with Gasteiger partial charge < -0.3 is 10.2 Å². The molecular weight excluding hydrogens is 244 g/mol. The Bertz CT molecular complexity index is 402. The topological polar surface area (TPSA) is 15.3 Å². The van der Waals surface area contributed by atoms with E-state index in [0.717, 1.165) is 12.5 Å². The zero-order chi connectivity index (χ0) is 14.4. The van der Waals surface area contributed by atoms with Crippen LogP contribution >= 0.6 is 0 Å². The van der Waals surface area contributed by atoms with Crippen molar-refractivity contribution in [1.82, 2.24) is 10.2 Å². The summed E-state index contributed by atoms with van der Waals surface area (Å²) in [6.45, 7) is 11.7. The first-order valence-corrected chi connectivity index (χ1v) is 8.22. The summed E-state index contributed by atoms with van der Waals surface area (Å²) in [6, 6.07) is 9.33. The highest BCUT2D eigenvalue weighted by Crippen LogP contribution is 2.23. The SMILES string of the molecule is CCCNC(CCN1CCC(C)C1)c1ccccc1C. The molecule has 1 fully saturated rings. The molecule has 1 aliphatic rings. The van der Waals surface area contributed by atoms with E-state index in [9.17, 15) is 0 Å². The van der Waals surface area contributed by atoms with Gasteiger partial charge in [-0.05, 0) is 62.9 Å². The molecule has 0 saturated carbocycles. The number of likely N-dealkylation sites (tertiary alicyclic amines) is 1. The van der Waals surface area contributed by atoms with Crippen LogP contribution in [0.2, 0.25) is 0 Å². The molecule has 0 spiro atoms. The van der Waals surface area contributed by atoms with Gasteiger partial charge in [-0.1, -0.05) is 38.1 Å². The molecule has 1 aromatic carbocycles. The fourth-order valence-electron chi connectivity index (χ4n) is 3.20. The van der Waals surface area contributed by atoms with Crippen LogP contribution in [0.15, 0.2) is 24.3 Å². The van der Waals surface area contributed by atoms with E-state index in [-0.39, 0.29) is 0 Å². The minimum atomic E-state index is 0.507. The first kappa shape index (κ1) is 15.5. The third-order valence-electron chi connectivity index (χ3n) is 4.45. The van der Waals surface area contributed by atoms with Crippen LogP contribution in [0.5, 0.6) is 0 Å². The number of benzene rings is 1. The summed E-state index contributed by atoms with van der Waals surface area (Å²) in [4.78, 5) is 2.63. The second kappa shape index (κ2) is 7.80. The van der Waals surface area contributed by atoms with E-state index in [1.807, 2.05) is 0 Å². The highest BCUT2D eigenvalue weighted by molar-refractivity contribution is 5.28. The predicted octanol–water partition coefficient (Wildman–Crippen LogP) is 3.77. The van der Waals surface area contributed by atoms with Gasteiger partial charge >= 0.3 is 0 Å². The highest BCUT2D eigenvalue weighted by Gasteiger charge is 2.20. The lowest BCUT2D eigenvalue weighted by atomic mass is 9.98. The number of hydrogen-bond donors (Lipinski definition) is 1. The van der Waals surface area contributed by atoms with Gasteiger partial charge in [0.05, 0.1) is 0 Å². The smallest absolute Gasteiger partial charge is 0.0335 e. The van der Waals surface area contributed by atoms with Gasteiger partial charge in [0.2, 0.25) is 0 Å². The van der Waals surface area contributed by atoms with Crippen molar-refractivity contribution in [1.29, 1.82) is 0 Å². The molecule has 0 radical (unpaired) electrons. The fourth-order valence-corrected chi connectivity index (χ4v) is 3.20. The van der Waals surface area contributed by atoms with Gasteiger partial charge in [0, 0.05) is 12.6 Å². The Labute approximate surface area is 124 Å². The molecule has 20 heavy (non-hydrogen) atoms. The summed E-state index contributed by atoms with van der Waals surface area (Å²) >= 11 is 0. The van der Waals surface area contributed by atoms with Crippen LogP contribution in [0.1, 0.15) is 50.3 Å². The fraction of sp³-hybridized carbons (Fsp3) is 0.667. The van der Waals surface area contributed by atoms with E-state index in [1.54, 1.807) is 0 Å². The van der Waals surface area contributed by atoms with Crippen LogP contribution in [0.4, 0.5) is 0 Å². The van der Waals surface area contributed by atoms with Crippen molar-refractivity contribution in [2.45, 2.75) is 46.1 Å². The second-order valence-electron chi connectivity index (χ2n) is 6.35. The van der Waals surface area contributed by atoms with E-state index < -0.39 is 0 Å². The van der Waals surface area contributed by atoms with Crippen molar-refractivity contribution >= 4 is 0 Å². The third kappa shape index (κ3) is 4.32. The Balaban J connectivity index is 1.95. The molecule has 2 rings (SSSR count). The normalized spacial score (nSPS) is 21.2. The van der Waals surface area contributed by atoms with Gasteiger partial charge in [0.1, 0.15) is 0 Å². The number of hydrogen-bond acceptors (Lipinski definition) is 2. The molecule has 0 aromatic heterocycles. The van der Waals surface area contributed by atoms with Gasteiger partial charge in [0.25, 0.3) is 0 Å². The van der Waals surface area contributed by atoms with E-state index in [2.05, 4.69) is 55.3 Å². The van der Waals surface area contributed by atoms with Crippen LogP contribution in [0, 0.1) is 12.8 Å². The molecule has 2 nitrogen and oxygen atoms in total. The first-order chi connectivity index (χ1) is 9.70. The van der Waals surface area contributed by atoms with Crippen molar-refractivity contribution < 1.29 is 0 Å². The van der Waals surface area contributed by atoms with Crippen molar-refractivity contribution in [3.8, 4) is 0 Å². The van der Waals surface area contributed by atoms with E-state index >= 15 is 0 Å². The van der Waals surface area contributed by atoms with Gasteiger partial charge in [-0.3, -0.25) is 0 Å². The monoisotopic (exact) mass is 274 g/mol. The molecule has 1 aromatic rings. The Hall–Kier alpha value is -0.860. The van der Waals surface area contributed by atoms with E-state index in [1.165, 1.54) is 50.0 Å². The predicted molar refractivity (Wildman–Crippen MR) is 87.1 cm³/mol. The zero-order valence-electron chi connectivity index (χ0n) is 13.4. The van der Waals surface area contributed by atoms with Crippen molar-refractivity contribution in [3.05, 3.63) is 35.4 Å². The van der Waals surface area contributed by atoms with Crippen molar-refractivity contribution in [2.75, 3.05) is 26.2 Å². The number of aryl methyl sites for hydroxylation is 1. The Kier molecular flexibility index (Phi) is 6.06. The average Bonchev–Trinajstić information content (AvgIpc) is 2.86. The summed E-state index contributed by atoms with van der Waals surface area (Å²) in [7, 11) is 0. The van der Waals surface area contributed by atoms with Crippen LogP contribution in [0.25, 0.3) is 0 Å². The zero-order valence-corrected chi connectivity index (χ0v) is 13.4. The lowest BCUT2D eigenvalue weighted by Gasteiger charge is -2.24. The van der Waals surface area contributed by atoms with Gasteiger partial charge in [0.15, 0.2) is 0 Å². The van der Waals surface area contributed by atoms with Gasteiger partial charge in [-0.2, -0.15) is 0 Å². The largest absolute Gasteiger partial charge is 0.310 e. The molecular formula is C18H30N2. The molecule has 0 amide bonds. The Morgan fingerprint density at radius 3 is 2.80 bits per heavy atom. The first-order valence-electron chi connectivity index (χ1n) is 8.22. The summed E-state index contributed by atoms with van der Waals surface area (Å²) in [5.41, 5.74) is 2.89. The maximum Gasteiger partial charge on any atom is 0.0335 e. The minimum Gasteiger partial charge on any atom is -0.310 e. The molecule has 1 heterocycles. The molecule has 1 N–H and O–H groups in total. The van der Waals surface area contributed by atoms with Crippen molar-refractivity contribution in [3.63, 3.8) is 0 Å². The number of rotatable bonds is 7. The quantitative estimate of drug-likeness (QED) is 0.814. The van der Waals surface area contributed by atoms with Gasteiger partial charge in [-0.15, -0.1) is 0 Å². The molecule has 0 aliphatic carbocycles. The summed E-state index contributed by atoms with van der Waals surface area (Å²) in [5.74, 6) is 0.885. The molecule has 112 valence electrons. The number of nitrogens with zero attached hydrogens (tertiary/aromatic N) is 1. The molecule has 0 bridgehead atoms. The molecule has 1 saturated heterocycles. The maximum absolute atomic E-state index is 3.74. The van der Waals surface area contributed by atoms with Crippen LogP contribution in [0.3, 0.4) is 0 Å². The number of nitrogens with one attached hydrogen (secondary N) is 1. The molecule has 2 atom stereocenters. The van der Waals surface area contributed by atoms with Crippen molar-refractivity contribution in [2.24, 2.45) is 5.92 Å². The standard InChI is InChI=1S/C18H30N2/c1-4-11-19-18(17-8-6-5-7-16(17)3)10-13-20-12-9-15(2)14-20/h5-8,15,18-19H,4,9-14H2,1-3H3. The van der Waals surface area contributed by atoms with E-state index in [0.29, 0.717) is 6.04 Å². The van der Waals surface area contributed by atoms with Crippen LogP contribution < -0.4 is 5.32 Å². The molecule has 2 unspecified atom stereocenters. The Morgan fingerprint density at radius 1 is 1.35 bits per heavy atom. The highest BCUT2D eigenvalue weighted by atomic mass is 15.1. The average molecular weight is 274 g/mol. The van der Waals surface area contributed by atoms with Crippen LogP contribution in [-0.2, 0) is 0 Å². The third-order valence-corrected chi connectivity index (χ3v) is 4.45. The summed E-state index contributed by atoms with van der Waals surface area (Å²) < 4.78 is 0. The van der Waals surface area contributed by atoms with Crippen LogP contribution in [-0.4, -0.2) is 31.1 Å². The lowest BCUT2D eigenvalue weighted by Crippen LogP contribution is -2.29. The Morgan fingerprint density at radius 2 is 2.15 bits per heavy atom. The minimum absolute atomic E-state index is 0.507.